The number of hydrogen-bond donors (Lipinski definition) is 1. The van der Waals surface area contributed by atoms with Crippen molar-refractivity contribution in [3.05, 3.63) is 11.9 Å². The van der Waals surface area contributed by atoms with Crippen molar-refractivity contribution < 1.29 is 9.47 Å². The third-order valence-corrected chi connectivity index (χ3v) is 3.24. The summed E-state index contributed by atoms with van der Waals surface area (Å²) in [4.78, 5) is 9.09. The molecule has 1 saturated carbocycles. The van der Waals surface area contributed by atoms with Gasteiger partial charge in [-0.3, -0.25) is 0 Å². The maximum Gasteiger partial charge on any atom is 0.218 e. The van der Waals surface area contributed by atoms with Gasteiger partial charge in [0.25, 0.3) is 0 Å². The minimum Gasteiger partial charge on any atom is -0.478 e. The second-order valence-electron chi connectivity index (χ2n) is 5.20. The molecule has 2 rings (SSSR count). The van der Waals surface area contributed by atoms with E-state index in [4.69, 9.17) is 9.47 Å². The lowest BCUT2D eigenvalue weighted by Gasteiger charge is -2.10. The van der Waals surface area contributed by atoms with E-state index in [2.05, 4.69) is 22.2 Å². The van der Waals surface area contributed by atoms with E-state index in [-0.39, 0.29) is 0 Å². The Morgan fingerprint density at radius 3 is 2.80 bits per heavy atom. The van der Waals surface area contributed by atoms with Crippen LogP contribution in [0.4, 0.5) is 5.82 Å². The summed E-state index contributed by atoms with van der Waals surface area (Å²) in [5.41, 5.74) is 0. The smallest absolute Gasteiger partial charge is 0.218 e. The van der Waals surface area contributed by atoms with E-state index in [0.717, 1.165) is 50.7 Å². The van der Waals surface area contributed by atoms with Gasteiger partial charge in [0.05, 0.1) is 6.61 Å². The highest BCUT2D eigenvalue weighted by atomic mass is 16.5. The highest BCUT2D eigenvalue weighted by Crippen LogP contribution is 2.39. The van der Waals surface area contributed by atoms with Gasteiger partial charge in [-0.15, -0.1) is 0 Å². The zero-order valence-electron chi connectivity index (χ0n) is 12.5. The van der Waals surface area contributed by atoms with Crippen LogP contribution in [-0.4, -0.2) is 36.8 Å². The van der Waals surface area contributed by atoms with Gasteiger partial charge in [-0.2, -0.15) is 4.98 Å². The summed E-state index contributed by atoms with van der Waals surface area (Å²) in [5.74, 6) is 3.02. The molecule has 1 N–H and O–H groups in total. The van der Waals surface area contributed by atoms with Gasteiger partial charge in [0.15, 0.2) is 0 Å². The molecule has 1 aliphatic rings. The zero-order valence-corrected chi connectivity index (χ0v) is 12.5. The predicted octanol–water partition coefficient (Wildman–Crippen LogP) is 2.98. The fourth-order valence-corrected chi connectivity index (χ4v) is 1.89. The van der Waals surface area contributed by atoms with Crippen LogP contribution in [0.3, 0.4) is 0 Å². The minimum absolute atomic E-state index is 0.532. The monoisotopic (exact) mass is 279 g/mol. The molecular formula is C15H25N3O2. The van der Waals surface area contributed by atoms with Gasteiger partial charge in [0.1, 0.15) is 11.6 Å². The molecule has 0 unspecified atom stereocenters. The Kier molecular flexibility index (Phi) is 6.05. The molecule has 0 amide bonds. The van der Waals surface area contributed by atoms with Crippen LogP contribution in [0.2, 0.25) is 0 Å². The van der Waals surface area contributed by atoms with E-state index in [1.807, 2.05) is 6.07 Å². The molecule has 0 bridgehead atoms. The summed E-state index contributed by atoms with van der Waals surface area (Å²) in [7, 11) is 1.72. The molecule has 5 heteroatoms. The van der Waals surface area contributed by atoms with Gasteiger partial charge in [-0.25, -0.2) is 4.98 Å². The average molecular weight is 279 g/mol. The van der Waals surface area contributed by atoms with Gasteiger partial charge in [0, 0.05) is 32.2 Å². The number of methoxy groups -OCH3 is 1. The Morgan fingerprint density at radius 2 is 2.10 bits per heavy atom. The van der Waals surface area contributed by atoms with Crippen molar-refractivity contribution in [3.63, 3.8) is 0 Å². The van der Waals surface area contributed by atoms with Crippen molar-refractivity contribution in [1.82, 2.24) is 9.97 Å². The third-order valence-electron chi connectivity index (χ3n) is 3.24. The molecule has 1 heterocycles. The molecule has 1 fully saturated rings. The van der Waals surface area contributed by atoms with Gasteiger partial charge < -0.3 is 14.8 Å². The quantitative estimate of drug-likeness (QED) is 0.667. The normalized spacial score (nSPS) is 14.3. The summed E-state index contributed by atoms with van der Waals surface area (Å²) >= 11 is 0. The molecule has 5 nitrogen and oxygen atoms in total. The number of hydrogen-bond acceptors (Lipinski definition) is 5. The first-order valence-electron chi connectivity index (χ1n) is 7.58. The fraction of sp³-hybridized carbons (Fsp3) is 0.733. The molecule has 1 aromatic heterocycles. The second kappa shape index (κ2) is 8.04. The van der Waals surface area contributed by atoms with Crippen molar-refractivity contribution in [2.75, 3.05) is 32.2 Å². The highest BCUT2D eigenvalue weighted by Gasteiger charge is 2.27. The summed E-state index contributed by atoms with van der Waals surface area (Å²) in [6.07, 6.45) is 5.54. The summed E-state index contributed by atoms with van der Waals surface area (Å²) < 4.78 is 10.8. The molecule has 0 radical (unpaired) electrons. The van der Waals surface area contributed by atoms with Crippen molar-refractivity contribution >= 4 is 5.82 Å². The molecule has 112 valence electrons. The molecule has 1 aromatic rings. The molecule has 0 saturated heterocycles. The van der Waals surface area contributed by atoms with Crippen molar-refractivity contribution in [2.24, 2.45) is 0 Å². The predicted molar refractivity (Wildman–Crippen MR) is 79.4 cm³/mol. The molecular weight excluding hydrogens is 254 g/mol. The van der Waals surface area contributed by atoms with E-state index in [1.165, 1.54) is 12.8 Å². The maximum absolute atomic E-state index is 5.72. The van der Waals surface area contributed by atoms with Crippen LogP contribution in [0, 0.1) is 0 Å². The van der Waals surface area contributed by atoms with Gasteiger partial charge >= 0.3 is 0 Å². The van der Waals surface area contributed by atoms with Gasteiger partial charge in [0.2, 0.25) is 5.88 Å². The van der Waals surface area contributed by atoms with Crippen molar-refractivity contribution in [2.45, 2.75) is 44.9 Å². The van der Waals surface area contributed by atoms with Crippen LogP contribution in [0.25, 0.3) is 0 Å². The molecule has 20 heavy (non-hydrogen) atoms. The zero-order chi connectivity index (χ0) is 14.2. The van der Waals surface area contributed by atoms with Crippen LogP contribution < -0.4 is 10.1 Å². The van der Waals surface area contributed by atoms with Crippen LogP contribution in [0.15, 0.2) is 6.07 Å². The fourth-order valence-electron chi connectivity index (χ4n) is 1.89. The lowest BCUT2D eigenvalue weighted by Crippen LogP contribution is -2.09. The Hall–Kier alpha value is -1.36. The van der Waals surface area contributed by atoms with Gasteiger partial charge in [-0.1, -0.05) is 13.3 Å². The first kappa shape index (κ1) is 15.0. The van der Waals surface area contributed by atoms with E-state index in [0.29, 0.717) is 11.8 Å². The number of ether oxygens (including phenoxy) is 2. The third kappa shape index (κ3) is 4.96. The number of nitrogens with zero attached hydrogens (tertiary/aromatic N) is 2. The van der Waals surface area contributed by atoms with Crippen LogP contribution in [0.1, 0.15) is 50.8 Å². The molecule has 0 spiro atoms. The standard InChI is InChI=1S/C15H25N3O2/c1-3-4-10-20-14-11-13(16-8-5-9-19-2)17-15(18-14)12-6-7-12/h11-12H,3-10H2,1-2H3,(H,16,17,18). The number of rotatable bonds is 10. The number of aromatic nitrogens is 2. The Bertz CT molecular complexity index is 408. The topological polar surface area (TPSA) is 56.3 Å². The number of anilines is 1. The van der Waals surface area contributed by atoms with E-state index in [1.54, 1.807) is 7.11 Å². The Morgan fingerprint density at radius 1 is 1.25 bits per heavy atom. The van der Waals surface area contributed by atoms with Crippen LogP contribution >= 0.6 is 0 Å². The number of unbranched alkanes of at least 4 members (excludes halogenated alkanes) is 1. The Labute approximate surface area is 121 Å². The second-order valence-corrected chi connectivity index (χ2v) is 5.20. The summed E-state index contributed by atoms with van der Waals surface area (Å²) in [5, 5.41) is 3.32. The highest BCUT2D eigenvalue weighted by molar-refractivity contribution is 5.39. The molecule has 0 aliphatic heterocycles. The van der Waals surface area contributed by atoms with E-state index in [9.17, 15) is 0 Å². The first-order valence-corrected chi connectivity index (χ1v) is 7.58. The summed E-state index contributed by atoms with van der Waals surface area (Å²) in [6.45, 7) is 4.49. The summed E-state index contributed by atoms with van der Waals surface area (Å²) in [6, 6.07) is 1.90. The van der Waals surface area contributed by atoms with Crippen LogP contribution in [0.5, 0.6) is 5.88 Å². The van der Waals surface area contributed by atoms with E-state index < -0.39 is 0 Å². The maximum atomic E-state index is 5.72. The minimum atomic E-state index is 0.532. The van der Waals surface area contributed by atoms with Gasteiger partial charge in [-0.05, 0) is 25.7 Å². The van der Waals surface area contributed by atoms with Crippen molar-refractivity contribution in [3.8, 4) is 5.88 Å². The van der Waals surface area contributed by atoms with E-state index >= 15 is 0 Å². The lowest BCUT2D eigenvalue weighted by atomic mass is 10.3. The molecule has 0 aromatic carbocycles. The lowest BCUT2D eigenvalue weighted by molar-refractivity contribution is 0.197. The first-order chi connectivity index (χ1) is 9.83. The largest absolute Gasteiger partial charge is 0.478 e. The molecule has 0 atom stereocenters. The SMILES string of the molecule is CCCCOc1cc(NCCCOC)nc(C2CC2)n1. The van der Waals surface area contributed by atoms with Crippen LogP contribution in [-0.2, 0) is 4.74 Å². The molecule has 1 aliphatic carbocycles. The van der Waals surface area contributed by atoms with Crippen molar-refractivity contribution in [1.29, 1.82) is 0 Å². The average Bonchev–Trinajstić information content (AvgIpc) is 3.28. The Balaban J connectivity index is 1.94. The number of nitrogens with one attached hydrogen (secondary N) is 1.